The first-order valence-electron chi connectivity index (χ1n) is 10.4. The van der Waals surface area contributed by atoms with E-state index in [0.717, 1.165) is 36.1 Å². The van der Waals surface area contributed by atoms with Crippen molar-refractivity contribution in [2.75, 3.05) is 0 Å². The van der Waals surface area contributed by atoms with Crippen LogP contribution >= 0.6 is 0 Å². The van der Waals surface area contributed by atoms with Crippen molar-refractivity contribution in [2.24, 2.45) is 13.0 Å². The van der Waals surface area contributed by atoms with Gasteiger partial charge in [-0.2, -0.15) is 0 Å². The third-order valence-corrected chi connectivity index (χ3v) is 5.81. The van der Waals surface area contributed by atoms with Gasteiger partial charge in [-0.15, -0.1) is 5.10 Å². The molecule has 4 rings (SSSR count). The summed E-state index contributed by atoms with van der Waals surface area (Å²) in [6.45, 7) is 9.49. The van der Waals surface area contributed by atoms with E-state index in [1.807, 2.05) is 31.4 Å². The molecule has 146 valence electrons. The summed E-state index contributed by atoms with van der Waals surface area (Å²) in [5.74, 6) is 0.0298. The monoisotopic (exact) mass is 385 g/mol. The van der Waals surface area contributed by atoms with Gasteiger partial charge in [0.05, 0.1) is 12.3 Å². The smallest absolute Gasteiger partial charge is 0.187 e. The molecule has 1 aliphatic rings. The van der Waals surface area contributed by atoms with Crippen LogP contribution in [0.15, 0.2) is 42.6 Å². The van der Waals surface area contributed by atoms with E-state index in [9.17, 15) is 4.79 Å². The van der Waals surface area contributed by atoms with Gasteiger partial charge in [0.2, 0.25) is 0 Å². The fourth-order valence-electron chi connectivity index (χ4n) is 4.53. The van der Waals surface area contributed by atoms with Gasteiger partial charge in [0.1, 0.15) is 7.63 Å². The van der Waals surface area contributed by atoms with Gasteiger partial charge in [-0.3, -0.25) is 4.68 Å². The molecule has 0 saturated carbocycles. The normalized spacial score (nSPS) is 15.9. The third kappa shape index (κ3) is 3.71. The zero-order valence-electron chi connectivity index (χ0n) is 17.7. The van der Waals surface area contributed by atoms with Crippen molar-refractivity contribution in [3.8, 4) is 11.1 Å². The summed E-state index contributed by atoms with van der Waals surface area (Å²) in [7, 11) is 1.85. The zero-order valence-corrected chi connectivity index (χ0v) is 16.7. The van der Waals surface area contributed by atoms with E-state index in [2.05, 4.69) is 40.3 Å². The summed E-state index contributed by atoms with van der Waals surface area (Å²) in [5, 5.41) is 8.14. The molecule has 0 fully saturated rings. The Labute approximate surface area is 172 Å². The van der Waals surface area contributed by atoms with Crippen LogP contribution in [0.2, 0.25) is 0 Å². The third-order valence-electron chi connectivity index (χ3n) is 5.81. The Balaban J connectivity index is 1.69. The predicted molar refractivity (Wildman–Crippen MR) is 113 cm³/mol. The van der Waals surface area contributed by atoms with E-state index in [1.54, 1.807) is 4.68 Å². The highest BCUT2D eigenvalue weighted by Gasteiger charge is 2.34. The SMILES string of the molecule is [2H]C(=O)CC(CCCc1cn(C)nn1)C1c2cc(C)ccc2-c2ccc([N+]#[C-])cc21. The summed E-state index contributed by atoms with van der Waals surface area (Å²) in [5.41, 5.74) is 7.35. The largest absolute Gasteiger partial charge is 0.303 e. The minimum absolute atomic E-state index is 0.00875. The molecule has 2 atom stereocenters. The molecule has 0 radical (unpaired) electrons. The Bertz CT molecular complexity index is 1140. The molecule has 5 heteroatoms. The number of aldehydes is 1. The molecule has 0 amide bonds. The number of aryl methyl sites for hydroxylation is 3. The van der Waals surface area contributed by atoms with Gasteiger partial charge in [0.15, 0.2) is 5.69 Å². The minimum atomic E-state index is -0.538. The molecule has 1 heterocycles. The van der Waals surface area contributed by atoms with Crippen LogP contribution in [0.4, 0.5) is 5.69 Å². The van der Waals surface area contributed by atoms with Crippen molar-refractivity contribution in [2.45, 2.75) is 38.5 Å². The number of aromatic nitrogens is 3. The topological polar surface area (TPSA) is 52.1 Å². The maximum atomic E-state index is 11.9. The molecule has 1 aliphatic carbocycles. The highest BCUT2D eigenvalue weighted by molar-refractivity contribution is 5.81. The summed E-state index contributed by atoms with van der Waals surface area (Å²) in [6.07, 6.45) is 4.05. The standard InChI is InChI=1S/C24H24N4O/c1-16-7-9-20-21-10-8-18(25-2)14-23(21)24(22(20)13-16)17(11-12-29)5-4-6-19-15-28(3)27-26-19/h7-10,12-15,17,24H,4-6,11H2,1,3H3/i12D. The van der Waals surface area contributed by atoms with Crippen LogP contribution in [0, 0.1) is 19.4 Å². The molecule has 0 spiro atoms. The maximum Gasteiger partial charge on any atom is 0.187 e. The fourth-order valence-corrected chi connectivity index (χ4v) is 4.53. The van der Waals surface area contributed by atoms with Gasteiger partial charge in [-0.25, -0.2) is 4.85 Å². The number of carbonyl (C=O) groups is 1. The molecule has 0 N–H and O–H groups in total. The van der Waals surface area contributed by atoms with Crippen LogP contribution in [-0.2, 0) is 18.3 Å². The molecule has 0 aliphatic heterocycles. The Morgan fingerprint density at radius 3 is 2.72 bits per heavy atom. The molecule has 3 aromatic rings. The van der Waals surface area contributed by atoms with E-state index in [4.69, 9.17) is 7.94 Å². The van der Waals surface area contributed by atoms with Crippen LogP contribution in [0.1, 0.15) is 48.9 Å². The molecule has 29 heavy (non-hydrogen) atoms. The first-order chi connectivity index (χ1) is 14.5. The van der Waals surface area contributed by atoms with Crippen LogP contribution in [0.3, 0.4) is 0 Å². The van der Waals surface area contributed by atoms with Crippen LogP contribution in [0.25, 0.3) is 16.0 Å². The summed E-state index contributed by atoms with van der Waals surface area (Å²) >= 11 is 0. The molecular weight excluding hydrogens is 360 g/mol. The second-order valence-electron chi connectivity index (χ2n) is 7.84. The first-order valence-corrected chi connectivity index (χ1v) is 9.93. The molecule has 5 nitrogen and oxygen atoms in total. The van der Waals surface area contributed by atoms with Crippen molar-refractivity contribution in [1.29, 1.82) is 0 Å². The van der Waals surface area contributed by atoms with Gasteiger partial charge in [-0.1, -0.05) is 47.2 Å². The van der Waals surface area contributed by atoms with Crippen LogP contribution in [-0.4, -0.2) is 21.3 Å². The lowest BCUT2D eigenvalue weighted by molar-refractivity contribution is -0.108. The highest BCUT2D eigenvalue weighted by atomic mass is 16.1. The van der Waals surface area contributed by atoms with E-state index in [0.29, 0.717) is 5.69 Å². The van der Waals surface area contributed by atoms with Gasteiger partial charge in [0.25, 0.3) is 0 Å². The Kier molecular flexibility index (Phi) is 4.92. The zero-order chi connectivity index (χ0) is 21.3. The quantitative estimate of drug-likeness (QED) is 0.424. The lowest BCUT2D eigenvalue weighted by Crippen LogP contribution is -2.14. The van der Waals surface area contributed by atoms with E-state index >= 15 is 0 Å². The van der Waals surface area contributed by atoms with Gasteiger partial charge < -0.3 is 4.79 Å². The predicted octanol–water partition coefficient (Wildman–Crippen LogP) is 5.01. The maximum absolute atomic E-state index is 11.9. The fraction of sp³-hybridized carbons (Fsp3) is 0.333. The Hall–Kier alpha value is -3.26. The van der Waals surface area contributed by atoms with Crippen molar-refractivity contribution in [1.82, 2.24) is 15.0 Å². The number of hydrogen-bond donors (Lipinski definition) is 0. The van der Waals surface area contributed by atoms with Gasteiger partial charge in [0, 0.05) is 25.6 Å². The number of hydrogen-bond acceptors (Lipinski definition) is 3. The molecule has 0 bridgehead atoms. The van der Waals surface area contributed by atoms with Crippen LogP contribution < -0.4 is 0 Å². The summed E-state index contributed by atoms with van der Waals surface area (Å²) in [4.78, 5) is 15.5. The van der Waals surface area contributed by atoms with Crippen molar-refractivity contribution < 1.29 is 6.17 Å². The second kappa shape index (κ2) is 8.00. The number of benzene rings is 2. The summed E-state index contributed by atoms with van der Waals surface area (Å²) < 4.78 is 9.34. The first kappa shape index (κ1) is 17.8. The van der Waals surface area contributed by atoms with Gasteiger partial charge in [-0.05, 0) is 54.4 Å². The molecule has 2 aromatic carbocycles. The molecular formula is C24H24N4O. The minimum Gasteiger partial charge on any atom is -0.303 e. The average molecular weight is 385 g/mol. The lowest BCUT2D eigenvalue weighted by Gasteiger charge is -2.24. The van der Waals surface area contributed by atoms with Crippen LogP contribution in [0.5, 0.6) is 0 Å². The molecule has 0 saturated heterocycles. The number of fused-ring (bicyclic) bond motifs is 3. The summed E-state index contributed by atoms with van der Waals surface area (Å²) in [6, 6.07) is 12.3. The molecule has 2 unspecified atom stereocenters. The van der Waals surface area contributed by atoms with E-state index in [1.165, 1.54) is 16.7 Å². The van der Waals surface area contributed by atoms with Crippen molar-refractivity contribution >= 4 is 11.9 Å². The van der Waals surface area contributed by atoms with Gasteiger partial charge >= 0.3 is 0 Å². The van der Waals surface area contributed by atoms with E-state index < -0.39 is 6.26 Å². The Morgan fingerprint density at radius 2 is 2.03 bits per heavy atom. The Morgan fingerprint density at radius 1 is 1.28 bits per heavy atom. The average Bonchev–Trinajstić information content (AvgIpc) is 3.26. The number of nitrogens with zero attached hydrogens (tertiary/aromatic N) is 4. The van der Waals surface area contributed by atoms with Crippen molar-refractivity contribution in [3.05, 3.63) is 76.4 Å². The van der Waals surface area contributed by atoms with Crippen molar-refractivity contribution in [3.63, 3.8) is 0 Å². The number of rotatable bonds is 7. The second-order valence-corrected chi connectivity index (χ2v) is 7.84. The highest BCUT2D eigenvalue weighted by Crippen LogP contribution is 2.51. The number of carbonyl (C=O) groups excluding carboxylic acids is 1. The van der Waals surface area contributed by atoms with E-state index in [-0.39, 0.29) is 18.3 Å². The lowest BCUT2D eigenvalue weighted by atomic mass is 9.79. The molecule has 1 aromatic heterocycles.